The van der Waals surface area contributed by atoms with Gasteiger partial charge in [0.2, 0.25) is 0 Å². The standard InChI is InChI=1S/C14H17N3O2/c18-12-14(7-3-1-4-8-14)17(13(19)16-12)10-11-6-2-5-9-15-11/h2,5-6,9H,1,3-4,7-8,10H2,(H,16,18,19). The van der Waals surface area contributed by atoms with Gasteiger partial charge in [0, 0.05) is 6.20 Å². The number of amides is 3. The molecule has 100 valence electrons. The molecule has 1 aromatic rings. The van der Waals surface area contributed by atoms with E-state index in [9.17, 15) is 9.59 Å². The minimum absolute atomic E-state index is 0.131. The van der Waals surface area contributed by atoms with Gasteiger partial charge < -0.3 is 4.90 Å². The molecule has 2 heterocycles. The fourth-order valence-electron chi connectivity index (χ4n) is 3.11. The van der Waals surface area contributed by atoms with Crippen LogP contribution in [-0.4, -0.2) is 27.4 Å². The van der Waals surface area contributed by atoms with Crippen molar-refractivity contribution >= 4 is 11.9 Å². The molecule has 1 saturated heterocycles. The summed E-state index contributed by atoms with van der Waals surface area (Å²) in [6.45, 7) is 0.401. The molecule has 1 aliphatic carbocycles. The van der Waals surface area contributed by atoms with Crippen LogP contribution in [0, 0.1) is 0 Å². The Labute approximate surface area is 112 Å². The van der Waals surface area contributed by atoms with Crippen LogP contribution in [0.25, 0.3) is 0 Å². The smallest absolute Gasteiger partial charge is 0.304 e. The predicted molar refractivity (Wildman–Crippen MR) is 69.1 cm³/mol. The summed E-state index contributed by atoms with van der Waals surface area (Å²) in [5.74, 6) is -0.131. The van der Waals surface area contributed by atoms with E-state index < -0.39 is 5.54 Å². The van der Waals surface area contributed by atoms with E-state index in [0.717, 1.165) is 37.8 Å². The topological polar surface area (TPSA) is 62.3 Å². The lowest BCUT2D eigenvalue weighted by molar-refractivity contribution is -0.128. The van der Waals surface area contributed by atoms with E-state index in [2.05, 4.69) is 10.3 Å². The van der Waals surface area contributed by atoms with Crippen molar-refractivity contribution in [1.29, 1.82) is 0 Å². The van der Waals surface area contributed by atoms with E-state index in [1.165, 1.54) is 0 Å². The van der Waals surface area contributed by atoms with Crippen molar-refractivity contribution in [2.75, 3.05) is 0 Å². The number of hydrogen-bond donors (Lipinski definition) is 1. The molecule has 3 amide bonds. The summed E-state index contributed by atoms with van der Waals surface area (Å²) >= 11 is 0. The van der Waals surface area contributed by atoms with E-state index in [-0.39, 0.29) is 11.9 Å². The number of nitrogens with one attached hydrogen (secondary N) is 1. The van der Waals surface area contributed by atoms with Gasteiger partial charge in [0.15, 0.2) is 0 Å². The van der Waals surface area contributed by atoms with E-state index >= 15 is 0 Å². The monoisotopic (exact) mass is 259 g/mol. The van der Waals surface area contributed by atoms with Gasteiger partial charge in [0.25, 0.3) is 5.91 Å². The first-order chi connectivity index (χ1) is 9.22. The zero-order valence-corrected chi connectivity index (χ0v) is 10.8. The average molecular weight is 259 g/mol. The van der Waals surface area contributed by atoms with Gasteiger partial charge in [0.1, 0.15) is 5.54 Å². The molecule has 0 bridgehead atoms. The number of carbonyl (C=O) groups is 2. The molecular formula is C14H17N3O2. The Morgan fingerprint density at radius 2 is 2.00 bits per heavy atom. The van der Waals surface area contributed by atoms with Crippen molar-refractivity contribution in [3.05, 3.63) is 30.1 Å². The first-order valence-electron chi connectivity index (χ1n) is 6.75. The first kappa shape index (κ1) is 12.1. The first-order valence-corrected chi connectivity index (χ1v) is 6.75. The van der Waals surface area contributed by atoms with Gasteiger partial charge in [-0.3, -0.25) is 15.1 Å². The van der Waals surface area contributed by atoms with Crippen LogP contribution >= 0.6 is 0 Å². The number of imide groups is 1. The van der Waals surface area contributed by atoms with Crippen LogP contribution in [0.15, 0.2) is 24.4 Å². The van der Waals surface area contributed by atoms with Crippen LogP contribution in [0.1, 0.15) is 37.8 Å². The number of rotatable bonds is 2. The molecule has 0 atom stereocenters. The zero-order valence-electron chi connectivity index (χ0n) is 10.8. The Morgan fingerprint density at radius 3 is 2.68 bits per heavy atom. The van der Waals surface area contributed by atoms with Crippen molar-refractivity contribution in [3.8, 4) is 0 Å². The fraction of sp³-hybridized carbons (Fsp3) is 0.500. The largest absolute Gasteiger partial charge is 0.325 e. The second-order valence-corrected chi connectivity index (χ2v) is 5.26. The van der Waals surface area contributed by atoms with Crippen molar-refractivity contribution in [1.82, 2.24) is 15.2 Å². The number of carbonyl (C=O) groups excluding carboxylic acids is 2. The molecule has 3 rings (SSSR count). The van der Waals surface area contributed by atoms with Crippen LogP contribution < -0.4 is 5.32 Å². The van der Waals surface area contributed by atoms with Crippen molar-refractivity contribution in [2.45, 2.75) is 44.2 Å². The Balaban J connectivity index is 1.88. The molecule has 0 unspecified atom stereocenters. The summed E-state index contributed by atoms with van der Waals surface area (Å²) in [6, 6.07) is 5.34. The molecule has 0 radical (unpaired) electrons. The quantitative estimate of drug-likeness (QED) is 0.824. The molecule has 19 heavy (non-hydrogen) atoms. The lowest BCUT2D eigenvalue weighted by Crippen LogP contribution is -2.50. The highest BCUT2D eigenvalue weighted by molar-refractivity contribution is 6.07. The van der Waals surface area contributed by atoms with Gasteiger partial charge in [-0.2, -0.15) is 0 Å². The number of aromatic nitrogens is 1. The van der Waals surface area contributed by atoms with Gasteiger partial charge >= 0.3 is 6.03 Å². The Morgan fingerprint density at radius 1 is 1.21 bits per heavy atom. The highest BCUT2D eigenvalue weighted by Crippen LogP contribution is 2.37. The predicted octanol–water partition coefficient (Wildman–Crippen LogP) is 1.84. The number of nitrogens with zero attached hydrogens (tertiary/aromatic N) is 2. The van der Waals surface area contributed by atoms with E-state index in [1.807, 2.05) is 18.2 Å². The molecule has 1 N–H and O–H groups in total. The van der Waals surface area contributed by atoms with Gasteiger partial charge in [0.05, 0.1) is 12.2 Å². The van der Waals surface area contributed by atoms with Crippen LogP contribution in [0.2, 0.25) is 0 Å². The number of pyridine rings is 1. The highest BCUT2D eigenvalue weighted by atomic mass is 16.2. The molecular weight excluding hydrogens is 242 g/mol. The molecule has 2 fully saturated rings. The summed E-state index contributed by atoms with van der Waals surface area (Å²) in [4.78, 5) is 30.1. The molecule has 1 spiro atoms. The number of urea groups is 1. The van der Waals surface area contributed by atoms with Crippen LogP contribution in [-0.2, 0) is 11.3 Å². The van der Waals surface area contributed by atoms with Gasteiger partial charge in [-0.1, -0.05) is 25.3 Å². The maximum absolute atomic E-state index is 12.2. The highest BCUT2D eigenvalue weighted by Gasteiger charge is 2.52. The van der Waals surface area contributed by atoms with E-state index in [4.69, 9.17) is 0 Å². The second-order valence-electron chi connectivity index (χ2n) is 5.26. The lowest BCUT2D eigenvalue weighted by Gasteiger charge is -2.38. The van der Waals surface area contributed by atoms with Gasteiger partial charge in [-0.05, 0) is 25.0 Å². The minimum Gasteiger partial charge on any atom is -0.304 e. The third kappa shape index (κ3) is 1.99. The molecule has 5 heteroatoms. The lowest BCUT2D eigenvalue weighted by atomic mass is 9.80. The summed E-state index contributed by atoms with van der Waals surface area (Å²) in [7, 11) is 0. The van der Waals surface area contributed by atoms with Crippen LogP contribution in [0.3, 0.4) is 0 Å². The number of hydrogen-bond acceptors (Lipinski definition) is 3. The van der Waals surface area contributed by atoms with E-state index in [0.29, 0.717) is 6.54 Å². The zero-order chi connectivity index (χ0) is 13.3. The normalized spacial score (nSPS) is 21.8. The van der Waals surface area contributed by atoms with Crippen molar-refractivity contribution < 1.29 is 9.59 Å². The molecule has 5 nitrogen and oxygen atoms in total. The van der Waals surface area contributed by atoms with Crippen LogP contribution in [0.5, 0.6) is 0 Å². The molecule has 1 saturated carbocycles. The molecule has 1 aliphatic heterocycles. The molecule has 1 aromatic heterocycles. The molecule has 0 aromatic carbocycles. The SMILES string of the molecule is O=C1NC(=O)C2(CCCCC2)N1Cc1ccccn1. The second kappa shape index (κ2) is 4.64. The summed E-state index contributed by atoms with van der Waals surface area (Å²) in [5.41, 5.74) is 0.185. The Kier molecular flexibility index (Phi) is 2.97. The van der Waals surface area contributed by atoms with Gasteiger partial charge in [-0.25, -0.2) is 4.79 Å². The molecule has 2 aliphatic rings. The van der Waals surface area contributed by atoms with Crippen LogP contribution in [0.4, 0.5) is 4.79 Å². The van der Waals surface area contributed by atoms with E-state index in [1.54, 1.807) is 11.1 Å². The fourth-order valence-corrected chi connectivity index (χ4v) is 3.11. The summed E-state index contributed by atoms with van der Waals surface area (Å²) in [6.07, 6.45) is 6.37. The summed E-state index contributed by atoms with van der Waals surface area (Å²) in [5, 5.41) is 2.47. The third-order valence-electron chi connectivity index (χ3n) is 4.13. The maximum atomic E-state index is 12.2. The minimum atomic E-state index is -0.632. The Bertz CT molecular complexity index is 495. The van der Waals surface area contributed by atoms with Crippen molar-refractivity contribution in [3.63, 3.8) is 0 Å². The van der Waals surface area contributed by atoms with Crippen molar-refractivity contribution in [2.24, 2.45) is 0 Å². The maximum Gasteiger partial charge on any atom is 0.325 e. The summed E-state index contributed by atoms with van der Waals surface area (Å²) < 4.78 is 0. The van der Waals surface area contributed by atoms with Gasteiger partial charge in [-0.15, -0.1) is 0 Å². The Hall–Kier alpha value is -1.91. The average Bonchev–Trinajstić information content (AvgIpc) is 2.66. The third-order valence-corrected chi connectivity index (χ3v) is 4.13.